The van der Waals surface area contributed by atoms with Crippen molar-refractivity contribution >= 4 is 21.7 Å². The SMILES string of the molecule is COC(=O)Cn1cc(NS(=O)(=O)CC(C)(C)C)cn1. The van der Waals surface area contributed by atoms with Crippen molar-refractivity contribution in [2.45, 2.75) is 27.3 Å². The monoisotopic (exact) mass is 289 g/mol. The molecule has 1 rings (SSSR count). The van der Waals surface area contributed by atoms with Gasteiger partial charge in [-0.1, -0.05) is 20.8 Å². The summed E-state index contributed by atoms with van der Waals surface area (Å²) in [5.74, 6) is -0.450. The van der Waals surface area contributed by atoms with Crippen LogP contribution in [0.25, 0.3) is 0 Å². The lowest BCUT2D eigenvalue weighted by atomic mass is 10.0. The van der Waals surface area contributed by atoms with Gasteiger partial charge in [0.05, 0.1) is 24.7 Å². The van der Waals surface area contributed by atoms with Gasteiger partial charge in [-0.3, -0.25) is 14.2 Å². The van der Waals surface area contributed by atoms with Gasteiger partial charge in [0.15, 0.2) is 0 Å². The van der Waals surface area contributed by atoms with E-state index in [1.54, 1.807) is 0 Å². The first-order valence-electron chi connectivity index (χ1n) is 5.71. The highest BCUT2D eigenvalue weighted by Crippen LogP contribution is 2.18. The van der Waals surface area contributed by atoms with Gasteiger partial charge < -0.3 is 4.74 Å². The molecule has 0 aliphatic rings. The van der Waals surface area contributed by atoms with Crippen LogP contribution in [0.4, 0.5) is 5.69 Å². The van der Waals surface area contributed by atoms with E-state index in [1.807, 2.05) is 20.8 Å². The van der Waals surface area contributed by atoms with Crippen molar-refractivity contribution in [2.24, 2.45) is 5.41 Å². The first-order chi connectivity index (χ1) is 8.61. The number of hydrogen-bond acceptors (Lipinski definition) is 5. The second kappa shape index (κ2) is 5.60. The predicted molar refractivity (Wildman–Crippen MR) is 71.1 cm³/mol. The van der Waals surface area contributed by atoms with E-state index in [0.717, 1.165) is 0 Å². The summed E-state index contributed by atoms with van der Waals surface area (Å²) in [6.07, 6.45) is 2.79. The van der Waals surface area contributed by atoms with Gasteiger partial charge >= 0.3 is 5.97 Å². The minimum Gasteiger partial charge on any atom is -0.468 e. The van der Waals surface area contributed by atoms with Gasteiger partial charge in [-0.25, -0.2) is 8.42 Å². The van der Waals surface area contributed by atoms with Crippen molar-refractivity contribution in [1.82, 2.24) is 9.78 Å². The van der Waals surface area contributed by atoms with Crippen LogP contribution in [0.3, 0.4) is 0 Å². The Balaban J connectivity index is 2.71. The van der Waals surface area contributed by atoms with Crippen molar-refractivity contribution in [2.75, 3.05) is 17.6 Å². The number of nitrogens with zero attached hydrogens (tertiary/aromatic N) is 2. The maximum atomic E-state index is 11.9. The molecule has 0 aliphatic carbocycles. The van der Waals surface area contributed by atoms with E-state index in [4.69, 9.17) is 0 Å². The van der Waals surface area contributed by atoms with E-state index in [1.165, 1.54) is 24.2 Å². The highest BCUT2D eigenvalue weighted by molar-refractivity contribution is 7.92. The van der Waals surface area contributed by atoms with Gasteiger partial charge in [0.2, 0.25) is 10.0 Å². The molecule has 0 unspecified atom stereocenters. The number of aromatic nitrogens is 2. The highest BCUT2D eigenvalue weighted by atomic mass is 32.2. The lowest BCUT2D eigenvalue weighted by molar-refractivity contribution is -0.141. The molecular weight excluding hydrogens is 270 g/mol. The Morgan fingerprint density at radius 1 is 1.47 bits per heavy atom. The molecule has 0 fully saturated rings. The summed E-state index contributed by atoms with van der Waals surface area (Å²) in [6.45, 7) is 5.46. The third-order valence-electron chi connectivity index (χ3n) is 2.05. The highest BCUT2D eigenvalue weighted by Gasteiger charge is 2.22. The van der Waals surface area contributed by atoms with Gasteiger partial charge in [-0.15, -0.1) is 0 Å². The zero-order valence-electron chi connectivity index (χ0n) is 11.5. The average Bonchev–Trinajstić information content (AvgIpc) is 2.60. The van der Waals surface area contributed by atoms with Crippen molar-refractivity contribution in [3.05, 3.63) is 12.4 Å². The number of rotatable bonds is 5. The van der Waals surface area contributed by atoms with E-state index in [2.05, 4.69) is 14.6 Å². The van der Waals surface area contributed by atoms with E-state index < -0.39 is 16.0 Å². The molecule has 0 aliphatic heterocycles. The van der Waals surface area contributed by atoms with Crippen molar-refractivity contribution < 1.29 is 17.9 Å². The Kier molecular flexibility index (Phi) is 4.56. The number of anilines is 1. The molecule has 7 nitrogen and oxygen atoms in total. The Labute approximate surface area is 113 Å². The summed E-state index contributed by atoms with van der Waals surface area (Å²) in [5.41, 5.74) is -0.0124. The molecule has 19 heavy (non-hydrogen) atoms. The van der Waals surface area contributed by atoms with Crippen LogP contribution in [0.2, 0.25) is 0 Å². The molecule has 8 heteroatoms. The predicted octanol–water partition coefficient (Wildman–Crippen LogP) is 0.844. The van der Waals surface area contributed by atoms with Crippen molar-refractivity contribution in [3.8, 4) is 0 Å². The van der Waals surface area contributed by atoms with Crippen LogP contribution in [0.5, 0.6) is 0 Å². The molecule has 1 N–H and O–H groups in total. The van der Waals surface area contributed by atoms with Crippen LogP contribution in [-0.4, -0.2) is 37.0 Å². The maximum Gasteiger partial charge on any atom is 0.327 e. The zero-order chi connectivity index (χ0) is 14.7. The summed E-state index contributed by atoms with van der Waals surface area (Å²) in [7, 11) is -2.16. The summed E-state index contributed by atoms with van der Waals surface area (Å²) in [6, 6.07) is 0. The van der Waals surface area contributed by atoms with Gasteiger partial charge in [0.25, 0.3) is 0 Å². The van der Waals surface area contributed by atoms with Gasteiger partial charge in [-0.05, 0) is 5.41 Å². The third kappa shape index (κ3) is 5.73. The van der Waals surface area contributed by atoms with Crippen LogP contribution < -0.4 is 4.72 Å². The van der Waals surface area contributed by atoms with Gasteiger partial charge in [-0.2, -0.15) is 5.10 Å². The molecule has 0 aromatic carbocycles. The fourth-order valence-corrected chi connectivity index (χ4v) is 3.16. The van der Waals surface area contributed by atoms with Crippen LogP contribution in [-0.2, 0) is 26.1 Å². The van der Waals surface area contributed by atoms with Crippen LogP contribution in [0.15, 0.2) is 12.4 Å². The Morgan fingerprint density at radius 3 is 2.63 bits per heavy atom. The molecule has 0 radical (unpaired) electrons. The van der Waals surface area contributed by atoms with Crippen LogP contribution in [0.1, 0.15) is 20.8 Å². The normalized spacial score (nSPS) is 12.2. The summed E-state index contributed by atoms with van der Waals surface area (Å²) >= 11 is 0. The molecule has 0 atom stereocenters. The summed E-state index contributed by atoms with van der Waals surface area (Å²) in [4.78, 5) is 11.0. The first-order valence-corrected chi connectivity index (χ1v) is 7.36. The van der Waals surface area contributed by atoms with E-state index in [0.29, 0.717) is 5.69 Å². The van der Waals surface area contributed by atoms with Crippen LogP contribution >= 0.6 is 0 Å². The topological polar surface area (TPSA) is 90.3 Å². The summed E-state index contributed by atoms with van der Waals surface area (Å²) < 4.78 is 31.9. The van der Waals surface area contributed by atoms with E-state index >= 15 is 0 Å². The lowest BCUT2D eigenvalue weighted by Gasteiger charge is -2.18. The number of methoxy groups -OCH3 is 1. The molecule has 0 amide bonds. The number of esters is 1. The lowest BCUT2D eigenvalue weighted by Crippen LogP contribution is -2.26. The molecule has 1 heterocycles. The number of sulfonamides is 1. The Hall–Kier alpha value is -1.57. The Morgan fingerprint density at radius 2 is 2.11 bits per heavy atom. The molecule has 0 saturated heterocycles. The fraction of sp³-hybridized carbons (Fsp3) is 0.636. The standard InChI is InChI=1S/C11H19N3O4S/c1-11(2,3)8-19(16,17)13-9-5-12-14(6-9)7-10(15)18-4/h5-6,13H,7-8H2,1-4H3. The molecular formula is C11H19N3O4S. The Bertz CT molecular complexity index is 543. The van der Waals surface area contributed by atoms with E-state index in [-0.39, 0.29) is 17.7 Å². The quantitative estimate of drug-likeness (QED) is 0.811. The number of hydrogen-bond donors (Lipinski definition) is 1. The van der Waals surface area contributed by atoms with Gasteiger partial charge in [0, 0.05) is 6.20 Å². The average molecular weight is 289 g/mol. The minimum atomic E-state index is -3.43. The van der Waals surface area contributed by atoms with Crippen molar-refractivity contribution in [1.29, 1.82) is 0 Å². The molecule has 0 spiro atoms. The summed E-state index contributed by atoms with van der Waals surface area (Å²) in [5, 5.41) is 3.87. The van der Waals surface area contributed by atoms with Crippen LogP contribution in [0, 0.1) is 5.41 Å². The smallest absolute Gasteiger partial charge is 0.327 e. The molecule has 1 aromatic heterocycles. The number of nitrogens with one attached hydrogen (secondary N) is 1. The number of carbonyl (C=O) groups is 1. The third-order valence-corrected chi connectivity index (χ3v) is 3.84. The van der Waals surface area contributed by atoms with Crippen molar-refractivity contribution in [3.63, 3.8) is 0 Å². The molecule has 0 bridgehead atoms. The van der Waals surface area contributed by atoms with E-state index in [9.17, 15) is 13.2 Å². The minimum absolute atomic E-state index is 0.00216. The number of ether oxygens (including phenoxy) is 1. The largest absolute Gasteiger partial charge is 0.468 e. The van der Waals surface area contributed by atoms with Gasteiger partial charge in [0.1, 0.15) is 6.54 Å². The maximum absolute atomic E-state index is 11.9. The first kappa shape index (κ1) is 15.5. The fourth-order valence-electron chi connectivity index (χ4n) is 1.49. The second-order valence-electron chi connectivity index (χ2n) is 5.42. The molecule has 0 saturated carbocycles. The zero-order valence-corrected chi connectivity index (χ0v) is 12.3. The molecule has 108 valence electrons. The second-order valence-corrected chi connectivity index (χ2v) is 7.15. The molecule has 1 aromatic rings. The number of carbonyl (C=O) groups excluding carboxylic acids is 1.